The van der Waals surface area contributed by atoms with E-state index in [1.54, 1.807) is 0 Å². The monoisotopic (exact) mass is 324 g/mol. The van der Waals surface area contributed by atoms with Crippen LogP contribution in [0.3, 0.4) is 0 Å². The van der Waals surface area contributed by atoms with Gasteiger partial charge in [-0.2, -0.15) is 0 Å². The molecule has 2 fully saturated rings. The SMILES string of the molecule is CC1(C)CCCC(NCC2(NC(=O)OC(C)(C)C)CCC2)CC1. The third-order valence-electron chi connectivity index (χ3n) is 5.38. The van der Waals surface area contributed by atoms with Gasteiger partial charge in [-0.1, -0.05) is 20.3 Å². The highest BCUT2D eigenvalue weighted by molar-refractivity contribution is 5.69. The third-order valence-corrected chi connectivity index (χ3v) is 5.38. The van der Waals surface area contributed by atoms with Crippen molar-refractivity contribution < 1.29 is 9.53 Å². The van der Waals surface area contributed by atoms with Gasteiger partial charge < -0.3 is 15.4 Å². The predicted molar refractivity (Wildman–Crippen MR) is 94.6 cm³/mol. The molecule has 0 saturated heterocycles. The molecule has 134 valence electrons. The Kier molecular flexibility index (Phi) is 5.65. The van der Waals surface area contributed by atoms with Crippen LogP contribution in [0.5, 0.6) is 0 Å². The molecule has 0 bridgehead atoms. The van der Waals surface area contributed by atoms with Gasteiger partial charge in [-0.3, -0.25) is 0 Å². The Balaban J connectivity index is 1.81. The Morgan fingerprint density at radius 1 is 1.09 bits per heavy atom. The van der Waals surface area contributed by atoms with Gasteiger partial charge in [0, 0.05) is 12.6 Å². The van der Waals surface area contributed by atoms with E-state index in [4.69, 9.17) is 4.74 Å². The quantitative estimate of drug-likeness (QED) is 0.754. The number of hydrogen-bond donors (Lipinski definition) is 2. The minimum Gasteiger partial charge on any atom is -0.444 e. The second-order valence-corrected chi connectivity index (χ2v) is 9.43. The van der Waals surface area contributed by atoms with Gasteiger partial charge in [-0.25, -0.2) is 4.79 Å². The highest BCUT2D eigenvalue weighted by atomic mass is 16.6. The molecule has 2 rings (SSSR count). The zero-order valence-corrected chi connectivity index (χ0v) is 15.8. The fourth-order valence-corrected chi connectivity index (χ4v) is 3.67. The number of carbonyl (C=O) groups excluding carboxylic acids is 1. The van der Waals surface area contributed by atoms with Crippen molar-refractivity contribution in [2.75, 3.05) is 6.54 Å². The number of hydrogen-bond acceptors (Lipinski definition) is 3. The van der Waals surface area contributed by atoms with E-state index in [1.165, 1.54) is 38.5 Å². The van der Waals surface area contributed by atoms with Crippen LogP contribution < -0.4 is 10.6 Å². The summed E-state index contributed by atoms with van der Waals surface area (Å²) < 4.78 is 5.43. The molecule has 2 N–H and O–H groups in total. The van der Waals surface area contributed by atoms with Crippen LogP contribution >= 0.6 is 0 Å². The van der Waals surface area contributed by atoms with Crippen LogP contribution in [0.2, 0.25) is 0 Å². The molecule has 2 aliphatic rings. The fraction of sp³-hybridized carbons (Fsp3) is 0.947. The molecule has 4 nitrogen and oxygen atoms in total. The molecule has 1 amide bonds. The van der Waals surface area contributed by atoms with Crippen molar-refractivity contribution in [3.63, 3.8) is 0 Å². The van der Waals surface area contributed by atoms with Crippen LogP contribution in [0.4, 0.5) is 4.79 Å². The van der Waals surface area contributed by atoms with E-state index >= 15 is 0 Å². The molecule has 0 heterocycles. The Morgan fingerprint density at radius 3 is 2.35 bits per heavy atom. The van der Waals surface area contributed by atoms with Gasteiger partial charge in [0.15, 0.2) is 0 Å². The summed E-state index contributed by atoms with van der Waals surface area (Å²) in [5, 5.41) is 6.87. The standard InChI is InChI=1S/C19H36N2O2/c1-17(2,3)23-16(22)21-19(11-7-12-19)14-20-15-8-6-10-18(4,5)13-9-15/h15,20H,6-14H2,1-5H3,(H,21,22). The fourth-order valence-electron chi connectivity index (χ4n) is 3.67. The van der Waals surface area contributed by atoms with Crippen LogP contribution in [0.1, 0.15) is 86.0 Å². The Bertz CT molecular complexity index is 408. The Hall–Kier alpha value is -0.770. The number of nitrogens with one attached hydrogen (secondary N) is 2. The van der Waals surface area contributed by atoms with Gasteiger partial charge in [0.05, 0.1) is 5.54 Å². The maximum Gasteiger partial charge on any atom is 0.408 e. The molecule has 1 unspecified atom stereocenters. The zero-order chi connectivity index (χ0) is 17.1. The summed E-state index contributed by atoms with van der Waals surface area (Å²) in [5.74, 6) is 0. The maximum absolute atomic E-state index is 12.1. The van der Waals surface area contributed by atoms with Gasteiger partial charge >= 0.3 is 6.09 Å². The first-order chi connectivity index (χ1) is 10.6. The number of ether oxygens (including phenoxy) is 1. The first kappa shape index (κ1) is 18.6. The van der Waals surface area contributed by atoms with Crippen molar-refractivity contribution in [2.24, 2.45) is 5.41 Å². The summed E-state index contributed by atoms with van der Waals surface area (Å²) in [4.78, 5) is 12.1. The molecule has 0 aliphatic heterocycles. The highest BCUT2D eigenvalue weighted by Crippen LogP contribution is 2.35. The van der Waals surface area contributed by atoms with Crippen molar-refractivity contribution in [1.82, 2.24) is 10.6 Å². The Labute approximate surface area is 142 Å². The molecule has 0 radical (unpaired) electrons. The summed E-state index contributed by atoms with van der Waals surface area (Å²) >= 11 is 0. The average molecular weight is 325 g/mol. The van der Waals surface area contributed by atoms with E-state index in [-0.39, 0.29) is 11.6 Å². The van der Waals surface area contributed by atoms with Crippen LogP contribution in [-0.2, 0) is 4.74 Å². The lowest BCUT2D eigenvalue weighted by Gasteiger charge is -2.43. The van der Waals surface area contributed by atoms with E-state index in [2.05, 4.69) is 24.5 Å². The topological polar surface area (TPSA) is 50.4 Å². The second-order valence-electron chi connectivity index (χ2n) is 9.43. The lowest BCUT2D eigenvalue weighted by Crippen LogP contribution is -2.60. The normalized spacial score (nSPS) is 26.7. The molecule has 0 spiro atoms. The second kappa shape index (κ2) is 7.00. The molecule has 0 aromatic carbocycles. The van der Waals surface area contributed by atoms with Crippen molar-refractivity contribution in [2.45, 2.75) is 103 Å². The van der Waals surface area contributed by atoms with Gasteiger partial charge in [0.2, 0.25) is 0 Å². The zero-order valence-electron chi connectivity index (χ0n) is 15.8. The van der Waals surface area contributed by atoms with Crippen molar-refractivity contribution in [1.29, 1.82) is 0 Å². The molecule has 0 aromatic rings. The van der Waals surface area contributed by atoms with Crippen LogP contribution in [0.25, 0.3) is 0 Å². The third kappa shape index (κ3) is 5.98. The number of carbonyl (C=O) groups is 1. The predicted octanol–water partition coefficient (Wildman–Crippen LogP) is 4.38. The van der Waals surface area contributed by atoms with E-state index in [0.717, 1.165) is 19.4 Å². The molecule has 1 atom stereocenters. The molecule has 4 heteroatoms. The highest BCUT2D eigenvalue weighted by Gasteiger charge is 2.40. The number of rotatable bonds is 4. The van der Waals surface area contributed by atoms with E-state index in [1.807, 2.05) is 20.8 Å². The van der Waals surface area contributed by atoms with Crippen LogP contribution in [-0.4, -0.2) is 29.8 Å². The van der Waals surface area contributed by atoms with Crippen LogP contribution in [0, 0.1) is 5.41 Å². The smallest absolute Gasteiger partial charge is 0.408 e. The maximum atomic E-state index is 12.1. The van der Waals surface area contributed by atoms with Crippen molar-refractivity contribution >= 4 is 6.09 Å². The van der Waals surface area contributed by atoms with Crippen LogP contribution in [0.15, 0.2) is 0 Å². The molecular weight excluding hydrogens is 288 g/mol. The number of amides is 1. The molecule has 23 heavy (non-hydrogen) atoms. The largest absolute Gasteiger partial charge is 0.444 e. The lowest BCUT2D eigenvalue weighted by molar-refractivity contribution is 0.0378. The molecule has 0 aromatic heterocycles. The van der Waals surface area contributed by atoms with E-state index in [9.17, 15) is 4.79 Å². The molecule has 2 aliphatic carbocycles. The summed E-state index contributed by atoms with van der Waals surface area (Å²) in [6, 6.07) is 0.592. The minimum atomic E-state index is -0.435. The lowest BCUT2D eigenvalue weighted by atomic mass is 9.76. The van der Waals surface area contributed by atoms with E-state index in [0.29, 0.717) is 11.5 Å². The molecular formula is C19H36N2O2. The Morgan fingerprint density at radius 2 is 1.78 bits per heavy atom. The summed E-state index contributed by atoms with van der Waals surface area (Å²) in [7, 11) is 0. The summed E-state index contributed by atoms with van der Waals surface area (Å²) in [6.07, 6.45) is 9.44. The van der Waals surface area contributed by atoms with Crippen molar-refractivity contribution in [3.05, 3.63) is 0 Å². The van der Waals surface area contributed by atoms with Gasteiger partial charge in [-0.05, 0) is 71.1 Å². The summed E-state index contributed by atoms with van der Waals surface area (Å²) in [5.41, 5.74) is -0.0428. The van der Waals surface area contributed by atoms with E-state index < -0.39 is 5.60 Å². The first-order valence-electron chi connectivity index (χ1n) is 9.34. The molecule has 2 saturated carbocycles. The minimum absolute atomic E-state index is 0.0931. The van der Waals surface area contributed by atoms with Gasteiger partial charge in [0.25, 0.3) is 0 Å². The van der Waals surface area contributed by atoms with Crippen molar-refractivity contribution in [3.8, 4) is 0 Å². The average Bonchev–Trinajstić information content (AvgIpc) is 2.51. The number of alkyl carbamates (subject to hydrolysis) is 1. The van der Waals surface area contributed by atoms with Gasteiger partial charge in [0.1, 0.15) is 5.60 Å². The summed E-state index contributed by atoms with van der Waals surface area (Å²) in [6.45, 7) is 11.4. The van der Waals surface area contributed by atoms with Gasteiger partial charge in [-0.15, -0.1) is 0 Å². The first-order valence-corrected chi connectivity index (χ1v) is 9.34.